The van der Waals surface area contributed by atoms with Gasteiger partial charge in [0.05, 0.1) is 4.47 Å². The number of halogens is 2. The lowest BCUT2D eigenvalue weighted by molar-refractivity contribution is 0.174. The van der Waals surface area contributed by atoms with Crippen LogP contribution in [0.1, 0.15) is 5.56 Å². The molecule has 1 aliphatic rings. The molecule has 0 unspecified atom stereocenters. The van der Waals surface area contributed by atoms with E-state index in [0.29, 0.717) is 27.3 Å². The van der Waals surface area contributed by atoms with Gasteiger partial charge < -0.3 is 19.9 Å². The second-order valence-corrected chi connectivity index (χ2v) is 4.97. The minimum atomic E-state index is -0.481. The van der Waals surface area contributed by atoms with Gasteiger partial charge in [0, 0.05) is 12.6 Å². The standard InChI is InChI=1S/C14H11BrFNO3/c15-13-8(6-17)1-3-11(14(13)16)20-9-2-4-10-12(5-9)19-7-18-10/h1-5H,6-7,17H2. The van der Waals surface area contributed by atoms with Crippen LogP contribution < -0.4 is 19.9 Å². The number of hydrogen-bond acceptors (Lipinski definition) is 4. The molecular weight excluding hydrogens is 329 g/mol. The fraction of sp³-hybridized carbons (Fsp3) is 0.143. The van der Waals surface area contributed by atoms with Crippen LogP contribution >= 0.6 is 15.9 Å². The normalized spacial score (nSPS) is 12.6. The summed E-state index contributed by atoms with van der Waals surface area (Å²) in [5, 5.41) is 0. The summed E-state index contributed by atoms with van der Waals surface area (Å²) in [5.74, 6) is 1.34. The van der Waals surface area contributed by atoms with E-state index >= 15 is 0 Å². The average molecular weight is 340 g/mol. The minimum absolute atomic E-state index is 0.118. The van der Waals surface area contributed by atoms with Crippen molar-refractivity contribution in [3.8, 4) is 23.0 Å². The summed E-state index contributed by atoms with van der Waals surface area (Å²) in [7, 11) is 0. The van der Waals surface area contributed by atoms with Crippen molar-refractivity contribution >= 4 is 15.9 Å². The third kappa shape index (κ3) is 2.32. The van der Waals surface area contributed by atoms with Crippen LogP contribution in [0.2, 0.25) is 0 Å². The summed E-state index contributed by atoms with van der Waals surface area (Å²) in [6.45, 7) is 0.436. The molecule has 0 radical (unpaired) electrons. The Morgan fingerprint density at radius 1 is 1.20 bits per heavy atom. The fourth-order valence-electron chi connectivity index (χ4n) is 1.88. The zero-order valence-electron chi connectivity index (χ0n) is 10.4. The quantitative estimate of drug-likeness (QED) is 0.928. The number of nitrogens with two attached hydrogens (primary N) is 1. The van der Waals surface area contributed by atoms with Gasteiger partial charge in [-0.15, -0.1) is 0 Å². The highest BCUT2D eigenvalue weighted by molar-refractivity contribution is 9.10. The van der Waals surface area contributed by atoms with Crippen LogP contribution in [0.3, 0.4) is 0 Å². The smallest absolute Gasteiger partial charge is 0.231 e. The van der Waals surface area contributed by atoms with Gasteiger partial charge in [-0.2, -0.15) is 0 Å². The molecule has 0 amide bonds. The molecule has 3 rings (SSSR count). The molecule has 1 heterocycles. The maximum Gasteiger partial charge on any atom is 0.231 e. The molecule has 2 aromatic rings. The van der Waals surface area contributed by atoms with Gasteiger partial charge in [-0.1, -0.05) is 6.07 Å². The highest BCUT2D eigenvalue weighted by atomic mass is 79.9. The van der Waals surface area contributed by atoms with E-state index in [4.69, 9.17) is 19.9 Å². The molecule has 0 spiro atoms. The van der Waals surface area contributed by atoms with Crippen LogP contribution in [0.5, 0.6) is 23.0 Å². The highest BCUT2D eigenvalue weighted by Gasteiger charge is 2.16. The maximum absolute atomic E-state index is 14.1. The largest absolute Gasteiger partial charge is 0.454 e. The first-order chi connectivity index (χ1) is 9.69. The van der Waals surface area contributed by atoms with Gasteiger partial charge >= 0.3 is 0 Å². The summed E-state index contributed by atoms with van der Waals surface area (Å²) in [4.78, 5) is 0. The zero-order chi connectivity index (χ0) is 14.1. The van der Waals surface area contributed by atoms with Crippen molar-refractivity contribution < 1.29 is 18.6 Å². The summed E-state index contributed by atoms with van der Waals surface area (Å²) in [6, 6.07) is 8.34. The third-order valence-electron chi connectivity index (χ3n) is 2.92. The van der Waals surface area contributed by atoms with Crippen LogP contribution in [-0.2, 0) is 6.54 Å². The summed E-state index contributed by atoms with van der Waals surface area (Å²) >= 11 is 3.17. The average Bonchev–Trinajstić information content (AvgIpc) is 2.92. The molecule has 0 fully saturated rings. The first kappa shape index (κ1) is 13.2. The number of ether oxygens (including phenoxy) is 3. The lowest BCUT2D eigenvalue weighted by Gasteiger charge is -2.10. The molecule has 0 saturated heterocycles. The molecule has 2 N–H and O–H groups in total. The van der Waals surface area contributed by atoms with Crippen molar-refractivity contribution in [2.24, 2.45) is 5.73 Å². The molecular formula is C14H11BrFNO3. The minimum Gasteiger partial charge on any atom is -0.454 e. The Balaban J connectivity index is 1.90. The predicted octanol–water partition coefficient (Wildman–Crippen LogP) is 3.57. The molecule has 0 bridgehead atoms. The van der Waals surface area contributed by atoms with Crippen LogP contribution in [0.4, 0.5) is 4.39 Å². The molecule has 1 aliphatic heterocycles. The van der Waals surface area contributed by atoms with E-state index in [-0.39, 0.29) is 19.1 Å². The second kappa shape index (κ2) is 5.30. The van der Waals surface area contributed by atoms with Gasteiger partial charge in [-0.25, -0.2) is 4.39 Å². The van der Waals surface area contributed by atoms with E-state index in [1.807, 2.05) is 0 Å². The number of benzene rings is 2. The van der Waals surface area contributed by atoms with Crippen molar-refractivity contribution in [2.45, 2.75) is 6.54 Å². The first-order valence-electron chi connectivity index (χ1n) is 5.93. The lowest BCUT2D eigenvalue weighted by Crippen LogP contribution is -2.00. The number of fused-ring (bicyclic) bond motifs is 1. The Bertz CT molecular complexity index is 663. The summed E-state index contributed by atoms with van der Waals surface area (Å²) in [6.07, 6.45) is 0. The molecule has 0 atom stereocenters. The van der Waals surface area contributed by atoms with E-state index in [9.17, 15) is 4.39 Å². The Labute approximate surface area is 123 Å². The van der Waals surface area contributed by atoms with E-state index in [2.05, 4.69) is 15.9 Å². The Morgan fingerprint density at radius 3 is 2.80 bits per heavy atom. The first-order valence-corrected chi connectivity index (χ1v) is 6.73. The van der Waals surface area contributed by atoms with Crippen LogP contribution in [0.25, 0.3) is 0 Å². The van der Waals surface area contributed by atoms with E-state index in [1.54, 1.807) is 30.3 Å². The molecule has 0 aliphatic carbocycles. The Kier molecular flexibility index (Phi) is 3.50. The van der Waals surface area contributed by atoms with Crippen molar-refractivity contribution in [2.75, 3.05) is 6.79 Å². The summed E-state index contributed by atoms with van der Waals surface area (Å²) < 4.78 is 30.4. The zero-order valence-corrected chi connectivity index (χ0v) is 11.9. The third-order valence-corrected chi connectivity index (χ3v) is 3.78. The topological polar surface area (TPSA) is 53.7 Å². The number of rotatable bonds is 3. The van der Waals surface area contributed by atoms with Crippen molar-refractivity contribution in [1.29, 1.82) is 0 Å². The van der Waals surface area contributed by atoms with Gasteiger partial charge in [0.2, 0.25) is 6.79 Å². The van der Waals surface area contributed by atoms with Crippen molar-refractivity contribution in [3.05, 3.63) is 46.2 Å². The van der Waals surface area contributed by atoms with E-state index < -0.39 is 5.82 Å². The molecule has 20 heavy (non-hydrogen) atoms. The van der Waals surface area contributed by atoms with Gasteiger partial charge in [0.1, 0.15) is 5.75 Å². The highest BCUT2D eigenvalue weighted by Crippen LogP contribution is 2.38. The molecule has 104 valence electrons. The van der Waals surface area contributed by atoms with Gasteiger partial charge in [0.25, 0.3) is 0 Å². The van der Waals surface area contributed by atoms with Crippen molar-refractivity contribution in [1.82, 2.24) is 0 Å². The summed E-state index contributed by atoms with van der Waals surface area (Å²) in [5.41, 5.74) is 6.20. The molecule has 0 aromatic heterocycles. The Morgan fingerprint density at radius 2 is 2.00 bits per heavy atom. The maximum atomic E-state index is 14.1. The van der Waals surface area contributed by atoms with Gasteiger partial charge in [0.15, 0.2) is 23.1 Å². The van der Waals surface area contributed by atoms with E-state index in [0.717, 1.165) is 0 Å². The Hall–Kier alpha value is -1.79. The molecule has 2 aromatic carbocycles. The monoisotopic (exact) mass is 339 g/mol. The SMILES string of the molecule is NCc1ccc(Oc2ccc3c(c2)OCO3)c(F)c1Br. The molecule has 6 heteroatoms. The molecule has 4 nitrogen and oxygen atoms in total. The lowest BCUT2D eigenvalue weighted by atomic mass is 10.2. The van der Waals surface area contributed by atoms with E-state index in [1.165, 1.54) is 0 Å². The number of hydrogen-bond donors (Lipinski definition) is 1. The second-order valence-electron chi connectivity index (χ2n) is 4.17. The van der Waals surface area contributed by atoms with Crippen LogP contribution in [0, 0.1) is 5.82 Å². The fourth-order valence-corrected chi connectivity index (χ4v) is 2.36. The van der Waals surface area contributed by atoms with Crippen molar-refractivity contribution in [3.63, 3.8) is 0 Å². The van der Waals surface area contributed by atoms with Gasteiger partial charge in [-0.3, -0.25) is 0 Å². The predicted molar refractivity (Wildman–Crippen MR) is 74.6 cm³/mol. The van der Waals surface area contributed by atoms with Crippen LogP contribution in [-0.4, -0.2) is 6.79 Å². The molecule has 0 saturated carbocycles. The van der Waals surface area contributed by atoms with Gasteiger partial charge in [-0.05, 0) is 39.7 Å². The van der Waals surface area contributed by atoms with Crippen LogP contribution in [0.15, 0.2) is 34.8 Å².